The lowest BCUT2D eigenvalue weighted by Crippen LogP contribution is -2.50. The van der Waals surface area contributed by atoms with Crippen molar-refractivity contribution < 1.29 is 19.1 Å². The molecule has 1 saturated heterocycles. The molecule has 3 aromatic carbocycles. The van der Waals surface area contributed by atoms with Crippen molar-refractivity contribution >= 4 is 46.5 Å². The molecule has 2 aliphatic rings. The smallest absolute Gasteiger partial charge is 0.269 e. The highest BCUT2D eigenvalue weighted by molar-refractivity contribution is 8.02. The Morgan fingerprint density at radius 2 is 1.70 bits per heavy atom. The van der Waals surface area contributed by atoms with Gasteiger partial charge in [-0.3, -0.25) is 24.2 Å². The molecule has 5 rings (SSSR count). The summed E-state index contributed by atoms with van der Waals surface area (Å²) in [4.78, 5) is 41.5. The van der Waals surface area contributed by atoms with Gasteiger partial charge in [0.1, 0.15) is 12.3 Å². The van der Waals surface area contributed by atoms with Crippen molar-refractivity contribution in [1.82, 2.24) is 0 Å². The number of hydrogen-bond acceptors (Lipinski definition) is 5. The first-order valence-corrected chi connectivity index (χ1v) is 11.4. The molecule has 33 heavy (non-hydrogen) atoms. The van der Waals surface area contributed by atoms with E-state index in [2.05, 4.69) is 5.32 Å². The lowest BCUT2D eigenvalue weighted by molar-refractivity contribution is -0.124. The fraction of sp³-hybridized carbons (Fsp3) is 0.160. The zero-order valence-corrected chi connectivity index (χ0v) is 18.7. The van der Waals surface area contributed by atoms with Gasteiger partial charge in [0.05, 0.1) is 18.6 Å². The van der Waals surface area contributed by atoms with Crippen LogP contribution in [0.3, 0.4) is 0 Å². The number of methoxy groups -OCH3 is 1. The van der Waals surface area contributed by atoms with Crippen LogP contribution in [0.1, 0.15) is 5.56 Å². The molecule has 3 amide bonds. The van der Waals surface area contributed by atoms with E-state index in [9.17, 15) is 14.4 Å². The highest BCUT2D eigenvalue weighted by Gasteiger charge is 2.61. The summed E-state index contributed by atoms with van der Waals surface area (Å²) in [5, 5.41) is 2.83. The number of anilines is 3. The molecular formula is C25H21N3O4S. The molecule has 1 N–H and O–H groups in total. The predicted octanol–water partition coefficient (Wildman–Crippen LogP) is 3.61. The van der Waals surface area contributed by atoms with Crippen LogP contribution in [-0.4, -0.2) is 37.1 Å². The van der Waals surface area contributed by atoms with Gasteiger partial charge in [-0.05, 0) is 42.5 Å². The third-order valence-corrected chi connectivity index (χ3v) is 7.14. The molecule has 0 aromatic heterocycles. The molecule has 2 aliphatic heterocycles. The molecule has 166 valence electrons. The van der Waals surface area contributed by atoms with Crippen LogP contribution in [0.2, 0.25) is 0 Å². The number of ether oxygens (including phenoxy) is 1. The Hall–Kier alpha value is -3.78. The van der Waals surface area contributed by atoms with Crippen molar-refractivity contribution in [3.05, 3.63) is 84.4 Å². The molecule has 3 aromatic rings. The summed E-state index contributed by atoms with van der Waals surface area (Å²) in [6.45, 7) is -0.166. The number of benzene rings is 3. The Morgan fingerprint density at radius 3 is 2.42 bits per heavy atom. The van der Waals surface area contributed by atoms with E-state index in [-0.39, 0.29) is 30.0 Å². The molecule has 1 atom stereocenters. The van der Waals surface area contributed by atoms with Gasteiger partial charge in [-0.25, -0.2) is 0 Å². The monoisotopic (exact) mass is 459 g/mol. The van der Waals surface area contributed by atoms with Crippen molar-refractivity contribution in [3.8, 4) is 5.75 Å². The van der Waals surface area contributed by atoms with E-state index in [0.717, 1.165) is 0 Å². The van der Waals surface area contributed by atoms with Crippen molar-refractivity contribution in [2.75, 3.05) is 34.5 Å². The summed E-state index contributed by atoms with van der Waals surface area (Å²) < 4.78 is 5.14. The topological polar surface area (TPSA) is 79.0 Å². The molecule has 8 heteroatoms. The van der Waals surface area contributed by atoms with Gasteiger partial charge in [0.25, 0.3) is 5.91 Å². The van der Waals surface area contributed by atoms with Crippen LogP contribution in [-0.2, 0) is 19.3 Å². The minimum Gasteiger partial charge on any atom is -0.497 e. The first kappa shape index (κ1) is 21.1. The maximum atomic E-state index is 13.9. The molecule has 1 fully saturated rings. The Labute approximate surface area is 195 Å². The minimum atomic E-state index is -1.23. The quantitative estimate of drug-likeness (QED) is 0.631. The van der Waals surface area contributed by atoms with E-state index in [0.29, 0.717) is 28.4 Å². The van der Waals surface area contributed by atoms with Crippen molar-refractivity contribution in [2.45, 2.75) is 4.87 Å². The van der Waals surface area contributed by atoms with Crippen molar-refractivity contribution in [2.24, 2.45) is 0 Å². The summed E-state index contributed by atoms with van der Waals surface area (Å²) in [5.41, 5.74) is 2.61. The fourth-order valence-electron chi connectivity index (χ4n) is 4.31. The number of para-hydroxylation sites is 2. The summed E-state index contributed by atoms with van der Waals surface area (Å²) in [7, 11) is 1.57. The number of amides is 3. The number of fused-ring (bicyclic) bond motifs is 2. The molecular weight excluding hydrogens is 438 g/mol. The zero-order valence-electron chi connectivity index (χ0n) is 17.9. The SMILES string of the molecule is COc1ccc(NC(=O)CN2C(=O)[C@]3(SCC(=O)N3c3ccccc3)c3ccccc32)cc1. The molecule has 7 nitrogen and oxygen atoms in total. The standard InChI is InChI=1S/C25H21N3O4S/c1-32-19-13-11-17(12-14-19)26-22(29)15-27-21-10-6-5-9-20(21)25(24(27)31)28(23(30)16-33-25)18-7-3-2-4-8-18/h2-14H,15-16H2,1H3,(H,26,29)/t25-/m1/s1. The van der Waals surface area contributed by atoms with Crippen molar-refractivity contribution in [1.29, 1.82) is 0 Å². The maximum absolute atomic E-state index is 13.9. The van der Waals surface area contributed by atoms with E-state index in [4.69, 9.17) is 4.74 Å². The minimum absolute atomic E-state index is 0.140. The van der Waals surface area contributed by atoms with Crippen LogP contribution in [0.25, 0.3) is 0 Å². The van der Waals surface area contributed by atoms with Gasteiger partial charge in [-0.2, -0.15) is 0 Å². The van der Waals surface area contributed by atoms with E-state index < -0.39 is 4.87 Å². The molecule has 0 bridgehead atoms. The number of rotatable bonds is 5. The molecule has 1 spiro atoms. The van der Waals surface area contributed by atoms with Crippen LogP contribution in [0.5, 0.6) is 5.75 Å². The lowest BCUT2D eigenvalue weighted by Gasteiger charge is -2.33. The van der Waals surface area contributed by atoms with Crippen LogP contribution in [0.4, 0.5) is 17.1 Å². The number of carbonyl (C=O) groups excluding carboxylic acids is 3. The molecule has 0 aliphatic carbocycles. The summed E-state index contributed by atoms with van der Waals surface area (Å²) in [5.74, 6) is 0.0940. The van der Waals surface area contributed by atoms with Gasteiger partial charge in [0.15, 0.2) is 0 Å². The summed E-state index contributed by atoms with van der Waals surface area (Å²) in [6, 6.07) is 23.5. The molecule has 0 unspecified atom stereocenters. The number of thioether (sulfide) groups is 1. The third-order valence-electron chi connectivity index (χ3n) is 5.75. The van der Waals surface area contributed by atoms with Gasteiger partial charge in [-0.1, -0.05) is 36.4 Å². The zero-order chi connectivity index (χ0) is 23.0. The number of carbonyl (C=O) groups is 3. The molecule has 2 heterocycles. The normalized spacial score (nSPS) is 19.2. The van der Waals surface area contributed by atoms with Gasteiger partial charge >= 0.3 is 0 Å². The maximum Gasteiger partial charge on any atom is 0.269 e. The average Bonchev–Trinajstić information content (AvgIpc) is 3.31. The van der Waals surface area contributed by atoms with Gasteiger partial charge in [0.2, 0.25) is 16.7 Å². The highest BCUT2D eigenvalue weighted by atomic mass is 32.2. The number of hydrogen-bond donors (Lipinski definition) is 1. The van der Waals surface area contributed by atoms with Crippen LogP contribution < -0.4 is 19.9 Å². The second-order valence-corrected chi connectivity index (χ2v) is 8.85. The Bertz CT molecular complexity index is 1230. The van der Waals surface area contributed by atoms with E-state index in [1.165, 1.54) is 16.7 Å². The summed E-state index contributed by atoms with van der Waals surface area (Å²) >= 11 is 1.29. The largest absolute Gasteiger partial charge is 0.497 e. The van der Waals surface area contributed by atoms with Gasteiger partial charge in [-0.15, -0.1) is 11.8 Å². The number of nitrogens with zero attached hydrogens (tertiary/aromatic N) is 2. The predicted molar refractivity (Wildman–Crippen MR) is 128 cm³/mol. The van der Waals surface area contributed by atoms with E-state index in [1.807, 2.05) is 54.6 Å². The first-order valence-electron chi connectivity index (χ1n) is 10.4. The Kier molecular flexibility index (Phi) is 5.30. The van der Waals surface area contributed by atoms with Gasteiger partial charge < -0.3 is 10.1 Å². The van der Waals surface area contributed by atoms with Crippen LogP contribution in [0, 0.1) is 0 Å². The highest BCUT2D eigenvalue weighted by Crippen LogP contribution is 2.55. The second-order valence-electron chi connectivity index (χ2n) is 7.68. The van der Waals surface area contributed by atoms with Crippen molar-refractivity contribution in [3.63, 3.8) is 0 Å². The van der Waals surface area contributed by atoms with Crippen LogP contribution >= 0.6 is 11.8 Å². The lowest BCUT2D eigenvalue weighted by atomic mass is 10.0. The third kappa shape index (κ3) is 3.43. The number of nitrogens with one attached hydrogen (secondary N) is 1. The van der Waals surface area contributed by atoms with Crippen LogP contribution in [0.15, 0.2) is 78.9 Å². The fourth-order valence-corrected chi connectivity index (χ4v) is 5.67. The Balaban J connectivity index is 1.47. The van der Waals surface area contributed by atoms with E-state index in [1.54, 1.807) is 36.3 Å². The second kappa shape index (κ2) is 8.29. The Morgan fingerprint density at radius 1 is 1.00 bits per heavy atom. The average molecular weight is 460 g/mol. The molecule has 0 radical (unpaired) electrons. The molecule has 0 saturated carbocycles. The summed E-state index contributed by atoms with van der Waals surface area (Å²) in [6.07, 6.45) is 0. The van der Waals surface area contributed by atoms with Gasteiger partial charge in [0, 0.05) is 16.9 Å². The first-order chi connectivity index (χ1) is 16.0. The van der Waals surface area contributed by atoms with E-state index >= 15 is 0 Å².